The van der Waals surface area contributed by atoms with Gasteiger partial charge in [-0.15, -0.1) is 0 Å². The molecule has 0 amide bonds. The van der Waals surface area contributed by atoms with Crippen molar-refractivity contribution in [1.82, 2.24) is 15.3 Å². The molecule has 0 aliphatic rings. The summed E-state index contributed by atoms with van der Waals surface area (Å²) in [4.78, 5) is 8.47. The molecule has 1 N–H and O–H groups in total. The van der Waals surface area contributed by atoms with Crippen LogP contribution in [0.5, 0.6) is 0 Å². The van der Waals surface area contributed by atoms with Gasteiger partial charge in [0.15, 0.2) is 0 Å². The lowest BCUT2D eigenvalue weighted by Gasteiger charge is -2.21. The standard InChI is InChI=1S/C13H17N3OS/c1-13(2,3)16-9-10-5-4-6-14-11(10)18-12-15-7-8-17-12/h4-8,16H,9H2,1-3H3. The average Bonchev–Trinajstić information content (AvgIpc) is 2.80. The third kappa shape index (κ3) is 3.85. The van der Waals surface area contributed by atoms with Gasteiger partial charge in [-0.05, 0) is 44.2 Å². The molecule has 0 aliphatic carbocycles. The summed E-state index contributed by atoms with van der Waals surface area (Å²) in [6.45, 7) is 7.21. The first-order valence-electron chi connectivity index (χ1n) is 5.81. The molecule has 0 radical (unpaired) electrons. The van der Waals surface area contributed by atoms with Crippen LogP contribution in [0.3, 0.4) is 0 Å². The number of hydrogen-bond acceptors (Lipinski definition) is 5. The fourth-order valence-corrected chi connectivity index (χ4v) is 2.12. The number of nitrogens with one attached hydrogen (secondary N) is 1. The van der Waals surface area contributed by atoms with E-state index in [-0.39, 0.29) is 5.54 Å². The van der Waals surface area contributed by atoms with Crippen LogP contribution in [0.4, 0.5) is 0 Å². The summed E-state index contributed by atoms with van der Waals surface area (Å²) >= 11 is 1.44. The number of pyridine rings is 1. The van der Waals surface area contributed by atoms with Gasteiger partial charge in [0, 0.05) is 18.3 Å². The minimum atomic E-state index is 0.0840. The molecule has 2 heterocycles. The maximum atomic E-state index is 5.23. The fraction of sp³-hybridized carbons (Fsp3) is 0.385. The fourth-order valence-electron chi connectivity index (χ4n) is 1.35. The van der Waals surface area contributed by atoms with Crippen LogP contribution in [0.15, 0.2) is 45.5 Å². The van der Waals surface area contributed by atoms with Gasteiger partial charge in [0.05, 0.1) is 6.20 Å². The quantitative estimate of drug-likeness (QED) is 0.918. The van der Waals surface area contributed by atoms with E-state index in [1.54, 1.807) is 18.7 Å². The maximum absolute atomic E-state index is 5.23. The van der Waals surface area contributed by atoms with Gasteiger partial charge in [-0.2, -0.15) is 0 Å². The highest BCUT2D eigenvalue weighted by Crippen LogP contribution is 2.27. The van der Waals surface area contributed by atoms with E-state index < -0.39 is 0 Å². The Morgan fingerprint density at radius 1 is 1.28 bits per heavy atom. The molecule has 0 unspecified atom stereocenters. The highest BCUT2D eigenvalue weighted by atomic mass is 32.2. The zero-order valence-electron chi connectivity index (χ0n) is 10.8. The topological polar surface area (TPSA) is 51.0 Å². The molecule has 0 fully saturated rings. The highest BCUT2D eigenvalue weighted by molar-refractivity contribution is 7.99. The van der Waals surface area contributed by atoms with Gasteiger partial charge in [-0.1, -0.05) is 6.07 Å². The molecule has 5 heteroatoms. The molecular weight excluding hydrogens is 246 g/mol. The first-order chi connectivity index (χ1) is 8.54. The van der Waals surface area contributed by atoms with E-state index in [4.69, 9.17) is 4.42 Å². The normalized spacial score (nSPS) is 11.7. The van der Waals surface area contributed by atoms with Crippen LogP contribution in [-0.4, -0.2) is 15.5 Å². The van der Waals surface area contributed by atoms with Crippen LogP contribution in [0.25, 0.3) is 0 Å². The molecule has 18 heavy (non-hydrogen) atoms. The molecule has 0 aliphatic heterocycles. The van der Waals surface area contributed by atoms with E-state index in [9.17, 15) is 0 Å². The molecule has 0 aromatic carbocycles. The molecule has 0 atom stereocenters. The Hall–Kier alpha value is -1.33. The largest absolute Gasteiger partial charge is 0.440 e. The predicted octanol–water partition coefficient (Wildman–Crippen LogP) is 3.11. The molecule has 0 spiro atoms. The Bertz CT molecular complexity index is 491. The first kappa shape index (κ1) is 13.1. The van der Waals surface area contributed by atoms with Gasteiger partial charge in [0.25, 0.3) is 5.22 Å². The molecule has 2 aromatic rings. The van der Waals surface area contributed by atoms with E-state index in [1.165, 1.54) is 11.8 Å². The Morgan fingerprint density at radius 3 is 2.78 bits per heavy atom. The Labute approximate surface area is 111 Å². The zero-order valence-corrected chi connectivity index (χ0v) is 11.6. The summed E-state index contributed by atoms with van der Waals surface area (Å²) in [6, 6.07) is 4.01. The third-order valence-corrected chi connectivity index (χ3v) is 3.19. The summed E-state index contributed by atoms with van der Waals surface area (Å²) in [5.74, 6) is 0. The SMILES string of the molecule is CC(C)(C)NCc1cccnc1Sc1ncco1. The Kier molecular flexibility index (Phi) is 4.04. The second kappa shape index (κ2) is 5.54. The third-order valence-electron chi connectivity index (χ3n) is 2.25. The second-order valence-electron chi connectivity index (χ2n) is 4.97. The van der Waals surface area contributed by atoms with Crippen LogP contribution in [-0.2, 0) is 6.54 Å². The van der Waals surface area contributed by atoms with Crippen molar-refractivity contribution in [2.75, 3.05) is 0 Å². The van der Waals surface area contributed by atoms with Gasteiger partial charge in [-0.25, -0.2) is 9.97 Å². The molecule has 4 nitrogen and oxygen atoms in total. The van der Waals surface area contributed by atoms with Crippen molar-refractivity contribution in [3.63, 3.8) is 0 Å². The van der Waals surface area contributed by atoms with E-state index in [0.29, 0.717) is 5.22 Å². The van der Waals surface area contributed by atoms with Crippen molar-refractivity contribution in [3.8, 4) is 0 Å². The minimum absolute atomic E-state index is 0.0840. The predicted molar refractivity (Wildman–Crippen MR) is 71.5 cm³/mol. The van der Waals surface area contributed by atoms with E-state index >= 15 is 0 Å². The lowest BCUT2D eigenvalue weighted by Crippen LogP contribution is -2.35. The first-order valence-corrected chi connectivity index (χ1v) is 6.62. The summed E-state index contributed by atoms with van der Waals surface area (Å²) in [7, 11) is 0. The number of nitrogens with zero attached hydrogens (tertiary/aromatic N) is 2. The van der Waals surface area contributed by atoms with Crippen LogP contribution < -0.4 is 5.32 Å². The molecule has 0 bridgehead atoms. The van der Waals surface area contributed by atoms with Crippen molar-refractivity contribution in [1.29, 1.82) is 0 Å². The lowest BCUT2D eigenvalue weighted by molar-refractivity contribution is 0.421. The Balaban J connectivity index is 2.10. The Morgan fingerprint density at radius 2 is 2.11 bits per heavy atom. The molecule has 2 aromatic heterocycles. The lowest BCUT2D eigenvalue weighted by atomic mass is 10.1. The number of rotatable bonds is 4. The summed E-state index contributed by atoms with van der Waals surface area (Å²) in [6.07, 6.45) is 4.99. The van der Waals surface area contributed by atoms with Crippen molar-refractivity contribution < 1.29 is 4.42 Å². The summed E-state index contributed by atoms with van der Waals surface area (Å²) in [5, 5.41) is 5.00. The van der Waals surface area contributed by atoms with Gasteiger partial charge < -0.3 is 9.73 Å². The number of hydrogen-bond donors (Lipinski definition) is 1. The van der Waals surface area contributed by atoms with Crippen molar-refractivity contribution in [2.45, 2.75) is 43.1 Å². The van der Waals surface area contributed by atoms with Gasteiger partial charge >= 0.3 is 0 Å². The van der Waals surface area contributed by atoms with Crippen LogP contribution in [0.1, 0.15) is 26.3 Å². The highest BCUT2D eigenvalue weighted by Gasteiger charge is 2.12. The molecular formula is C13H17N3OS. The van der Waals surface area contributed by atoms with Crippen LogP contribution in [0, 0.1) is 0 Å². The molecule has 0 saturated carbocycles. The molecule has 0 saturated heterocycles. The smallest absolute Gasteiger partial charge is 0.261 e. The second-order valence-corrected chi connectivity index (χ2v) is 5.91. The van der Waals surface area contributed by atoms with E-state index in [0.717, 1.165) is 17.1 Å². The maximum Gasteiger partial charge on any atom is 0.261 e. The number of aromatic nitrogens is 2. The van der Waals surface area contributed by atoms with E-state index in [1.807, 2.05) is 6.07 Å². The van der Waals surface area contributed by atoms with Crippen molar-refractivity contribution in [3.05, 3.63) is 36.4 Å². The molecule has 2 rings (SSSR count). The monoisotopic (exact) mass is 263 g/mol. The van der Waals surface area contributed by atoms with Gasteiger partial charge in [0.2, 0.25) is 0 Å². The minimum Gasteiger partial charge on any atom is -0.440 e. The van der Waals surface area contributed by atoms with Gasteiger partial charge in [0.1, 0.15) is 11.3 Å². The van der Waals surface area contributed by atoms with Crippen LogP contribution >= 0.6 is 11.8 Å². The van der Waals surface area contributed by atoms with Gasteiger partial charge in [-0.3, -0.25) is 0 Å². The number of oxazole rings is 1. The van der Waals surface area contributed by atoms with E-state index in [2.05, 4.69) is 42.1 Å². The average molecular weight is 263 g/mol. The summed E-state index contributed by atoms with van der Waals surface area (Å²) < 4.78 is 5.23. The van der Waals surface area contributed by atoms with Crippen LogP contribution in [0.2, 0.25) is 0 Å². The van der Waals surface area contributed by atoms with Crippen molar-refractivity contribution >= 4 is 11.8 Å². The summed E-state index contributed by atoms with van der Waals surface area (Å²) in [5.41, 5.74) is 1.23. The van der Waals surface area contributed by atoms with Crippen molar-refractivity contribution in [2.24, 2.45) is 0 Å². The zero-order chi connectivity index (χ0) is 13.0. The molecule has 96 valence electrons.